The van der Waals surface area contributed by atoms with Crippen molar-refractivity contribution in [3.8, 4) is 11.3 Å². The Hall–Kier alpha value is -1.19. The fourth-order valence-electron chi connectivity index (χ4n) is 2.03. The third-order valence-electron chi connectivity index (χ3n) is 3.53. The highest BCUT2D eigenvalue weighted by molar-refractivity contribution is 7.09. The minimum absolute atomic E-state index is 0.629. The summed E-state index contributed by atoms with van der Waals surface area (Å²) in [5, 5.41) is 3.33. The molecule has 3 heteroatoms. The monoisotopic (exact) mass is 274 g/mol. The lowest BCUT2D eigenvalue weighted by Gasteiger charge is -2.08. The van der Waals surface area contributed by atoms with Crippen molar-refractivity contribution in [1.29, 1.82) is 0 Å². The Morgan fingerprint density at radius 2 is 2.00 bits per heavy atom. The van der Waals surface area contributed by atoms with Crippen molar-refractivity contribution in [2.75, 3.05) is 6.54 Å². The average molecular weight is 274 g/mol. The number of nitrogens with zero attached hydrogens (tertiary/aromatic N) is 1. The van der Waals surface area contributed by atoms with E-state index in [1.165, 1.54) is 22.6 Å². The van der Waals surface area contributed by atoms with Crippen LogP contribution in [0.4, 0.5) is 0 Å². The number of hydrogen-bond donors (Lipinski definition) is 1. The molecule has 0 aliphatic rings. The van der Waals surface area contributed by atoms with E-state index in [1.54, 1.807) is 11.3 Å². The molecule has 0 saturated carbocycles. The zero-order valence-corrected chi connectivity index (χ0v) is 12.5. The number of nitrogens with two attached hydrogens (primary N) is 1. The van der Waals surface area contributed by atoms with Gasteiger partial charge in [0.1, 0.15) is 0 Å². The molecule has 0 spiro atoms. The summed E-state index contributed by atoms with van der Waals surface area (Å²) in [5.41, 5.74) is 9.24. The predicted octanol–water partition coefficient (Wildman–Crippen LogP) is 4.21. The highest BCUT2D eigenvalue weighted by Gasteiger charge is 2.06. The number of hydrogen-bond acceptors (Lipinski definition) is 3. The molecule has 102 valence electrons. The molecule has 2 rings (SSSR count). The largest absolute Gasteiger partial charge is 0.330 e. The van der Waals surface area contributed by atoms with Crippen LogP contribution < -0.4 is 5.73 Å². The normalized spacial score (nSPS) is 12.6. The molecular formula is C16H22N2S. The lowest BCUT2D eigenvalue weighted by atomic mass is 9.97. The molecule has 0 saturated heterocycles. The van der Waals surface area contributed by atoms with Crippen LogP contribution in [-0.4, -0.2) is 11.5 Å². The van der Waals surface area contributed by atoms with Gasteiger partial charge in [-0.15, -0.1) is 11.3 Å². The first-order chi connectivity index (χ1) is 9.24. The number of aromatic nitrogens is 1. The molecule has 0 radical (unpaired) electrons. The smallest absolute Gasteiger partial charge is 0.0933 e. The first kappa shape index (κ1) is 14.2. The third-order valence-corrected chi connectivity index (χ3v) is 4.44. The maximum Gasteiger partial charge on any atom is 0.0933 e. The maximum atomic E-state index is 5.53. The summed E-state index contributed by atoms with van der Waals surface area (Å²) in [5.74, 6) is 0.629. The Labute approximate surface area is 119 Å². The maximum absolute atomic E-state index is 5.53. The predicted molar refractivity (Wildman–Crippen MR) is 83.6 cm³/mol. The molecule has 19 heavy (non-hydrogen) atoms. The van der Waals surface area contributed by atoms with Gasteiger partial charge in [-0.25, -0.2) is 4.98 Å². The van der Waals surface area contributed by atoms with E-state index in [2.05, 4.69) is 48.5 Å². The van der Waals surface area contributed by atoms with Gasteiger partial charge in [0.05, 0.1) is 10.7 Å². The first-order valence-corrected chi connectivity index (χ1v) is 7.87. The second-order valence-electron chi connectivity index (χ2n) is 4.95. The summed E-state index contributed by atoms with van der Waals surface area (Å²) in [6, 6.07) is 8.82. The van der Waals surface area contributed by atoms with Crippen LogP contribution in [0.5, 0.6) is 0 Å². The van der Waals surface area contributed by atoms with E-state index in [4.69, 9.17) is 5.73 Å². The Morgan fingerprint density at radius 3 is 2.63 bits per heavy atom. The minimum Gasteiger partial charge on any atom is -0.330 e. The summed E-state index contributed by atoms with van der Waals surface area (Å²) in [4.78, 5) is 4.68. The van der Waals surface area contributed by atoms with Crippen molar-refractivity contribution in [2.24, 2.45) is 5.73 Å². The van der Waals surface area contributed by atoms with Crippen LogP contribution in [0.2, 0.25) is 0 Å². The molecule has 2 aromatic rings. The van der Waals surface area contributed by atoms with Gasteiger partial charge in [-0.05, 0) is 30.9 Å². The van der Waals surface area contributed by atoms with Crippen LogP contribution in [0.3, 0.4) is 0 Å². The number of benzene rings is 1. The second kappa shape index (κ2) is 6.83. The number of aryl methyl sites for hydroxylation is 1. The zero-order chi connectivity index (χ0) is 13.7. The molecular weight excluding hydrogens is 252 g/mol. The molecule has 1 atom stereocenters. The van der Waals surface area contributed by atoms with Gasteiger partial charge in [0.15, 0.2) is 0 Å². The second-order valence-corrected chi connectivity index (χ2v) is 5.89. The first-order valence-electron chi connectivity index (χ1n) is 6.99. The fourth-order valence-corrected chi connectivity index (χ4v) is 2.88. The van der Waals surface area contributed by atoms with Crippen molar-refractivity contribution in [3.05, 3.63) is 40.2 Å². The summed E-state index contributed by atoms with van der Waals surface area (Å²) < 4.78 is 0. The zero-order valence-electron chi connectivity index (χ0n) is 11.7. The molecule has 1 aromatic heterocycles. The standard InChI is InChI=1S/C16H22N2S/c1-3-12(2)13-6-8-14(9-7-13)15-11-19-16(18-15)5-4-10-17/h6-9,11-12H,3-5,10,17H2,1-2H3. The molecule has 0 amide bonds. The van der Waals surface area contributed by atoms with E-state index in [0.29, 0.717) is 5.92 Å². The average Bonchev–Trinajstić information content (AvgIpc) is 2.93. The Morgan fingerprint density at radius 1 is 1.26 bits per heavy atom. The molecule has 0 bridgehead atoms. The number of rotatable bonds is 6. The van der Waals surface area contributed by atoms with Crippen molar-refractivity contribution >= 4 is 11.3 Å². The van der Waals surface area contributed by atoms with Crippen LogP contribution in [-0.2, 0) is 6.42 Å². The third kappa shape index (κ3) is 3.64. The molecule has 2 nitrogen and oxygen atoms in total. The summed E-state index contributed by atoms with van der Waals surface area (Å²) in [6.07, 6.45) is 3.19. The molecule has 2 N–H and O–H groups in total. The molecule has 1 aromatic carbocycles. The van der Waals surface area contributed by atoms with Gasteiger partial charge >= 0.3 is 0 Å². The van der Waals surface area contributed by atoms with E-state index in [-0.39, 0.29) is 0 Å². The number of thiazole rings is 1. The molecule has 1 heterocycles. The van der Waals surface area contributed by atoms with Gasteiger partial charge in [0.25, 0.3) is 0 Å². The summed E-state index contributed by atoms with van der Waals surface area (Å²) in [6.45, 7) is 5.23. The van der Waals surface area contributed by atoms with Gasteiger partial charge in [-0.3, -0.25) is 0 Å². The van der Waals surface area contributed by atoms with Gasteiger partial charge in [-0.1, -0.05) is 38.1 Å². The highest BCUT2D eigenvalue weighted by Crippen LogP contribution is 2.25. The van der Waals surface area contributed by atoms with Crippen LogP contribution in [0, 0.1) is 0 Å². The Balaban J connectivity index is 2.11. The van der Waals surface area contributed by atoms with Crippen LogP contribution in [0.15, 0.2) is 29.6 Å². The van der Waals surface area contributed by atoms with E-state index < -0.39 is 0 Å². The topological polar surface area (TPSA) is 38.9 Å². The summed E-state index contributed by atoms with van der Waals surface area (Å²) in [7, 11) is 0. The Bertz CT molecular complexity index is 502. The van der Waals surface area contributed by atoms with Crippen molar-refractivity contribution in [2.45, 2.75) is 39.0 Å². The van der Waals surface area contributed by atoms with Gasteiger partial charge < -0.3 is 5.73 Å². The Kier molecular flexibility index (Phi) is 5.11. The highest BCUT2D eigenvalue weighted by atomic mass is 32.1. The van der Waals surface area contributed by atoms with Crippen LogP contribution in [0.25, 0.3) is 11.3 Å². The van der Waals surface area contributed by atoms with E-state index in [9.17, 15) is 0 Å². The minimum atomic E-state index is 0.629. The van der Waals surface area contributed by atoms with Crippen molar-refractivity contribution in [3.63, 3.8) is 0 Å². The summed E-state index contributed by atoms with van der Waals surface area (Å²) >= 11 is 1.73. The van der Waals surface area contributed by atoms with Crippen molar-refractivity contribution in [1.82, 2.24) is 4.98 Å². The van der Waals surface area contributed by atoms with Crippen LogP contribution >= 0.6 is 11.3 Å². The molecule has 1 unspecified atom stereocenters. The van der Waals surface area contributed by atoms with Gasteiger partial charge in [0.2, 0.25) is 0 Å². The molecule has 0 aliphatic carbocycles. The van der Waals surface area contributed by atoms with E-state index in [0.717, 1.165) is 25.1 Å². The lowest BCUT2D eigenvalue weighted by molar-refractivity contribution is 0.734. The molecule has 0 aliphatic heterocycles. The fraction of sp³-hybridized carbons (Fsp3) is 0.438. The van der Waals surface area contributed by atoms with E-state index in [1.807, 2.05) is 0 Å². The van der Waals surface area contributed by atoms with Gasteiger partial charge in [-0.2, -0.15) is 0 Å². The van der Waals surface area contributed by atoms with Crippen LogP contribution in [0.1, 0.15) is 43.2 Å². The van der Waals surface area contributed by atoms with E-state index >= 15 is 0 Å². The SMILES string of the molecule is CCC(C)c1ccc(-c2csc(CCCN)n2)cc1. The lowest BCUT2D eigenvalue weighted by Crippen LogP contribution is -1.99. The van der Waals surface area contributed by atoms with Crippen molar-refractivity contribution < 1.29 is 0 Å². The molecule has 0 fully saturated rings. The quantitative estimate of drug-likeness (QED) is 0.856. The van der Waals surface area contributed by atoms with Gasteiger partial charge in [0, 0.05) is 17.4 Å².